The number of carboxylic acid groups (broad SMARTS) is 1. The second-order valence-corrected chi connectivity index (χ2v) is 7.08. The Morgan fingerprint density at radius 3 is 2.71 bits per heavy atom. The van der Waals surface area contributed by atoms with Gasteiger partial charge in [-0.05, 0) is 24.0 Å². The van der Waals surface area contributed by atoms with E-state index in [2.05, 4.69) is 9.71 Å². The van der Waals surface area contributed by atoms with Crippen LogP contribution in [0.1, 0.15) is 17.4 Å². The minimum absolute atomic E-state index is 0.115. The van der Waals surface area contributed by atoms with Crippen molar-refractivity contribution in [1.82, 2.24) is 4.98 Å². The smallest absolute Gasteiger partial charge is 0.352 e. The lowest BCUT2D eigenvalue weighted by Gasteiger charge is -2.10. The SMILES string of the molecule is CCSc1ccccc1NS(=O)(=O)c1c[nH]c(C(=O)O)c1. The van der Waals surface area contributed by atoms with Gasteiger partial charge >= 0.3 is 5.97 Å². The molecule has 6 nitrogen and oxygen atoms in total. The Kier molecular flexibility index (Phi) is 4.59. The molecule has 1 aromatic heterocycles. The highest BCUT2D eigenvalue weighted by atomic mass is 32.2. The van der Waals surface area contributed by atoms with Crippen LogP contribution in [0, 0.1) is 0 Å². The number of aromatic amines is 1. The van der Waals surface area contributed by atoms with Gasteiger partial charge in [0.15, 0.2) is 0 Å². The van der Waals surface area contributed by atoms with Crippen LogP contribution in [0.3, 0.4) is 0 Å². The van der Waals surface area contributed by atoms with Gasteiger partial charge in [0.05, 0.1) is 5.69 Å². The molecule has 0 atom stereocenters. The summed E-state index contributed by atoms with van der Waals surface area (Å²) in [5.74, 6) is -0.398. The van der Waals surface area contributed by atoms with Crippen molar-refractivity contribution in [3.8, 4) is 0 Å². The quantitative estimate of drug-likeness (QED) is 0.709. The number of H-pyrrole nitrogens is 1. The first-order valence-corrected chi connectivity index (χ1v) is 8.57. The largest absolute Gasteiger partial charge is 0.477 e. The Balaban J connectivity index is 2.30. The number of hydrogen-bond donors (Lipinski definition) is 3. The van der Waals surface area contributed by atoms with E-state index in [1.165, 1.54) is 11.8 Å². The van der Waals surface area contributed by atoms with E-state index in [9.17, 15) is 13.2 Å². The zero-order valence-electron chi connectivity index (χ0n) is 11.2. The molecule has 2 rings (SSSR count). The molecule has 0 saturated heterocycles. The van der Waals surface area contributed by atoms with Crippen LogP contribution in [-0.2, 0) is 10.0 Å². The summed E-state index contributed by atoms with van der Waals surface area (Å²) in [5, 5.41) is 8.82. The van der Waals surface area contributed by atoms with Gasteiger partial charge in [-0.15, -0.1) is 11.8 Å². The molecule has 0 saturated carbocycles. The molecule has 0 fully saturated rings. The predicted molar refractivity (Wildman–Crippen MR) is 81.4 cm³/mol. The van der Waals surface area contributed by atoms with E-state index in [1.54, 1.807) is 12.1 Å². The molecular weight excluding hydrogens is 312 g/mol. The molecule has 0 aliphatic carbocycles. The molecule has 0 aliphatic rings. The normalized spacial score (nSPS) is 11.3. The molecule has 3 N–H and O–H groups in total. The van der Waals surface area contributed by atoms with Crippen molar-refractivity contribution in [3.05, 3.63) is 42.2 Å². The summed E-state index contributed by atoms with van der Waals surface area (Å²) in [6, 6.07) is 8.14. The van der Waals surface area contributed by atoms with Crippen LogP contribution in [0.4, 0.5) is 5.69 Å². The van der Waals surface area contributed by atoms with Crippen LogP contribution < -0.4 is 4.72 Å². The van der Waals surface area contributed by atoms with Crippen molar-refractivity contribution in [3.63, 3.8) is 0 Å². The predicted octanol–water partition coefficient (Wildman–Crippen LogP) is 2.63. The number of thioether (sulfide) groups is 1. The molecule has 0 bridgehead atoms. The van der Waals surface area contributed by atoms with E-state index >= 15 is 0 Å². The van der Waals surface area contributed by atoms with Crippen molar-refractivity contribution < 1.29 is 18.3 Å². The monoisotopic (exact) mass is 326 g/mol. The number of para-hydroxylation sites is 1. The van der Waals surface area contributed by atoms with E-state index in [1.807, 2.05) is 19.1 Å². The molecule has 112 valence electrons. The Morgan fingerprint density at radius 2 is 2.10 bits per heavy atom. The molecule has 0 radical (unpaired) electrons. The van der Waals surface area contributed by atoms with Gasteiger partial charge in [-0.1, -0.05) is 19.1 Å². The second kappa shape index (κ2) is 6.23. The number of carboxylic acids is 1. The lowest BCUT2D eigenvalue weighted by atomic mass is 10.3. The number of nitrogens with one attached hydrogen (secondary N) is 2. The summed E-state index contributed by atoms with van der Waals surface area (Å²) in [6.07, 6.45) is 1.15. The number of aromatic nitrogens is 1. The molecule has 1 heterocycles. The molecule has 0 amide bonds. The summed E-state index contributed by atoms with van der Waals surface area (Å²) in [6.45, 7) is 1.97. The Hall–Kier alpha value is -1.93. The summed E-state index contributed by atoms with van der Waals surface area (Å²) in [7, 11) is -3.82. The molecule has 0 unspecified atom stereocenters. The van der Waals surface area contributed by atoms with Crippen LogP contribution in [0.25, 0.3) is 0 Å². The minimum atomic E-state index is -3.82. The third-order valence-electron chi connectivity index (χ3n) is 2.63. The Morgan fingerprint density at radius 1 is 1.38 bits per heavy atom. The van der Waals surface area contributed by atoms with Gasteiger partial charge < -0.3 is 10.1 Å². The number of carbonyl (C=O) groups is 1. The van der Waals surface area contributed by atoms with E-state index in [0.717, 1.165) is 22.9 Å². The maximum atomic E-state index is 12.3. The highest BCUT2D eigenvalue weighted by Gasteiger charge is 2.19. The van der Waals surface area contributed by atoms with Gasteiger partial charge in [0.2, 0.25) is 0 Å². The van der Waals surface area contributed by atoms with Gasteiger partial charge in [-0.2, -0.15) is 0 Å². The number of aromatic carboxylic acids is 1. The zero-order valence-corrected chi connectivity index (χ0v) is 12.8. The van der Waals surface area contributed by atoms with Gasteiger partial charge in [0.25, 0.3) is 10.0 Å². The van der Waals surface area contributed by atoms with Crippen molar-refractivity contribution in [2.24, 2.45) is 0 Å². The number of anilines is 1. The first kappa shape index (κ1) is 15.5. The van der Waals surface area contributed by atoms with E-state index in [0.29, 0.717) is 5.69 Å². The standard InChI is InChI=1S/C13H14N2O4S2/c1-2-20-12-6-4-3-5-10(12)15-21(18,19)9-7-11(13(16)17)14-8-9/h3-8,14-15H,2H2,1H3,(H,16,17). The number of sulfonamides is 1. The maximum Gasteiger partial charge on any atom is 0.352 e. The van der Waals surface area contributed by atoms with Crippen molar-refractivity contribution in [1.29, 1.82) is 0 Å². The molecular formula is C13H14N2O4S2. The Bertz CT molecular complexity index is 753. The average Bonchev–Trinajstić information content (AvgIpc) is 2.92. The van der Waals surface area contributed by atoms with Gasteiger partial charge in [-0.25, -0.2) is 13.2 Å². The van der Waals surface area contributed by atoms with Crippen molar-refractivity contribution in [2.45, 2.75) is 16.7 Å². The fraction of sp³-hybridized carbons (Fsp3) is 0.154. The van der Waals surface area contributed by atoms with Crippen LogP contribution in [0.5, 0.6) is 0 Å². The van der Waals surface area contributed by atoms with Crippen LogP contribution in [0.2, 0.25) is 0 Å². The molecule has 1 aromatic carbocycles. The van der Waals surface area contributed by atoms with E-state index in [-0.39, 0.29) is 10.6 Å². The van der Waals surface area contributed by atoms with E-state index in [4.69, 9.17) is 5.11 Å². The lowest BCUT2D eigenvalue weighted by molar-refractivity contribution is 0.0691. The zero-order chi connectivity index (χ0) is 15.5. The molecule has 2 aromatic rings. The fourth-order valence-corrected chi connectivity index (χ4v) is 3.59. The highest BCUT2D eigenvalue weighted by molar-refractivity contribution is 7.99. The van der Waals surface area contributed by atoms with Crippen LogP contribution in [0.15, 0.2) is 46.3 Å². The topological polar surface area (TPSA) is 99.3 Å². The minimum Gasteiger partial charge on any atom is -0.477 e. The van der Waals surface area contributed by atoms with Crippen molar-refractivity contribution >= 4 is 33.4 Å². The summed E-state index contributed by atoms with van der Waals surface area (Å²) < 4.78 is 27.0. The van der Waals surface area contributed by atoms with E-state index < -0.39 is 16.0 Å². The Labute approximate surface area is 126 Å². The third-order valence-corrected chi connectivity index (χ3v) is 4.93. The van der Waals surface area contributed by atoms with Gasteiger partial charge in [0.1, 0.15) is 10.6 Å². The lowest BCUT2D eigenvalue weighted by Crippen LogP contribution is -2.12. The molecule has 21 heavy (non-hydrogen) atoms. The second-order valence-electron chi connectivity index (χ2n) is 4.09. The van der Waals surface area contributed by atoms with Crippen LogP contribution >= 0.6 is 11.8 Å². The summed E-state index contributed by atoms with van der Waals surface area (Å²) in [5.41, 5.74) is 0.300. The van der Waals surface area contributed by atoms with Gasteiger partial charge in [0, 0.05) is 11.1 Å². The fourth-order valence-electron chi connectivity index (χ4n) is 1.69. The third kappa shape index (κ3) is 3.59. The first-order valence-electron chi connectivity index (χ1n) is 6.10. The van der Waals surface area contributed by atoms with Crippen LogP contribution in [-0.4, -0.2) is 30.2 Å². The number of rotatable bonds is 6. The number of hydrogen-bond acceptors (Lipinski definition) is 4. The summed E-state index contributed by atoms with van der Waals surface area (Å²) in [4.78, 5) is 13.9. The first-order chi connectivity index (χ1) is 9.94. The maximum absolute atomic E-state index is 12.3. The molecule has 0 spiro atoms. The average molecular weight is 326 g/mol. The van der Waals surface area contributed by atoms with Crippen molar-refractivity contribution in [2.75, 3.05) is 10.5 Å². The van der Waals surface area contributed by atoms with Gasteiger partial charge in [-0.3, -0.25) is 4.72 Å². The highest BCUT2D eigenvalue weighted by Crippen LogP contribution is 2.28. The molecule has 8 heteroatoms. The number of benzene rings is 1. The summed E-state index contributed by atoms with van der Waals surface area (Å²) >= 11 is 1.52. The molecule has 0 aliphatic heterocycles.